The Balaban J connectivity index is 2.39. The molecule has 1 amide bonds. The fraction of sp³-hybridized carbons (Fsp3) is 0.625. The Kier molecular flexibility index (Phi) is 7.23. The lowest BCUT2D eigenvalue weighted by molar-refractivity contribution is -0.122. The molecule has 1 unspecified atom stereocenters. The Hall–Kier alpha value is -1.42. The van der Waals surface area contributed by atoms with Gasteiger partial charge >= 0.3 is 0 Å². The van der Waals surface area contributed by atoms with Crippen molar-refractivity contribution < 1.29 is 4.79 Å². The zero-order valence-electron chi connectivity index (χ0n) is 12.8. The number of hydrogen-bond donors (Lipinski definition) is 2. The van der Waals surface area contributed by atoms with Crippen LogP contribution in [0.5, 0.6) is 0 Å². The van der Waals surface area contributed by atoms with Crippen LogP contribution in [0.1, 0.15) is 51.6 Å². The lowest BCUT2D eigenvalue weighted by atomic mass is 9.88. The number of carbonyl (C=O) groups excluding carboxylic acids is 1. The van der Waals surface area contributed by atoms with Gasteiger partial charge in [-0.3, -0.25) is 9.78 Å². The molecule has 2 atom stereocenters. The van der Waals surface area contributed by atoms with Crippen molar-refractivity contribution in [2.45, 2.75) is 46.1 Å². The highest BCUT2D eigenvalue weighted by molar-refractivity contribution is 5.76. The molecule has 0 aliphatic carbocycles. The van der Waals surface area contributed by atoms with Crippen LogP contribution in [0.15, 0.2) is 24.5 Å². The van der Waals surface area contributed by atoms with Crippen molar-refractivity contribution in [1.82, 2.24) is 10.3 Å². The highest BCUT2D eigenvalue weighted by atomic mass is 16.1. The van der Waals surface area contributed by atoms with Gasteiger partial charge in [-0.15, -0.1) is 0 Å². The van der Waals surface area contributed by atoms with E-state index in [-0.39, 0.29) is 11.9 Å². The van der Waals surface area contributed by atoms with Crippen LogP contribution in [0, 0.1) is 11.8 Å². The molecule has 1 aromatic heterocycles. The minimum absolute atomic E-state index is 0.0255. The molecule has 4 heteroatoms. The smallest absolute Gasteiger partial charge is 0.220 e. The van der Waals surface area contributed by atoms with Gasteiger partial charge in [0.15, 0.2) is 0 Å². The number of carbonyl (C=O) groups is 1. The normalized spacial score (nSPS) is 14.1. The first kappa shape index (κ1) is 16.6. The van der Waals surface area contributed by atoms with Gasteiger partial charge in [-0.1, -0.05) is 13.8 Å². The number of nitrogens with two attached hydrogens (primary N) is 1. The summed E-state index contributed by atoms with van der Waals surface area (Å²) < 4.78 is 0. The third-order valence-electron chi connectivity index (χ3n) is 3.81. The lowest BCUT2D eigenvalue weighted by Crippen LogP contribution is -2.27. The van der Waals surface area contributed by atoms with Gasteiger partial charge < -0.3 is 11.1 Å². The first-order chi connectivity index (χ1) is 9.54. The number of nitrogens with one attached hydrogen (secondary N) is 1. The zero-order chi connectivity index (χ0) is 15.0. The van der Waals surface area contributed by atoms with Gasteiger partial charge in [0.2, 0.25) is 5.91 Å². The van der Waals surface area contributed by atoms with Crippen molar-refractivity contribution in [1.29, 1.82) is 0 Å². The highest BCUT2D eigenvalue weighted by Gasteiger charge is 2.15. The van der Waals surface area contributed by atoms with E-state index in [1.165, 1.54) is 0 Å². The molecule has 0 spiro atoms. The molecule has 1 heterocycles. The summed E-state index contributed by atoms with van der Waals surface area (Å²) >= 11 is 0. The van der Waals surface area contributed by atoms with Crippen LogP contribution in [0.3, 0.4) is 0 Å². The third-order valence-corrected chi connectivity index (χ3v) is 3.81. The summed E-state index contributed by atoms with van der Waals surface area (Å²) in [5.41, 5.74) is 6.70. The third kappa shape index (κ3) is 5.70. The molecule has 0 radical (unpaired) electrons. The zero-order valence-corrected chi connectivity index (χ0v) is 12.8. The van der Waals surface area contributed by atoms with Crippen LogP contribution in [-0.4, -0.2) is 17.4 Å². The Labute approximate surface area is 122 Å². The second-order valence-corrected chi connectivity index (χ2v) is 5.69. The number of amides is 1. The molecule has 1 aromatic rings. The molecule has 0 saturated heterocycles. The topological polar surface area (TPSA) is 68.0 Å². The van der Waals surface area contributed by atoms with Crippen molar-refractivity contribution in [3.63, 3.8) is 0 Å². The molecular weight excluding hydrogens is 250 g/mol. The SMILES string of the molecule is CC(C)C(CCN)CCC(=O)N[C@H](C)c1ccncc1. The molecule has 112 valence electrons. The fourth-order valence-corrected chi connectivity index (χ4v) is 2.39. The Morgan fingerprint density at radius 1 is 1.25 bits per heavy atom. The second-order valence-electron chi connectivity index (χ2n) is 5.69. The second kappa shape index (κ2) is 8.69. The van der Waals surface area contributed by atoms with Crippen LogP contribution in [-0.2, 0) is 4.79 Å². The minimum atomic E-state index is 0.0255. The maximum absolute atomic E-state index is 12.0. The molecule has 0 saturated carbocycles. The van der Waals surface area contributed by atoms with Crippen molar-refractivity contribution in [2.24, 2.45) is 17.6 Å². The van der Waals surface area contributed by atoms with Crippen molar-refractivity contribution >= 4 is 5.91 Å². The van der Waals surface area contributed by atoms with Crippen LogP contribution >= 0.6 is 0 Å². The maximum atomic E-state index is 12.0. The summed E-state index contributed by atoms with van der Waals surface area (Å²) in [6, 6.07) is 3.88. The number of pyridine rings is 1. The number of nitrogens with zero attached hydrogens (tertiary/aromatic N) is 1. The van der Waals surface area contributed by atoms with Crippen molar-refractivity contribution in [3.05, 3.63) is 30.1 Å². The summed E-state index contributed by atoms with van der Waals surface area (Å²) in [6.45, 7) is 7.07. The monoisotopic (exact) mass is 277 g/mol. The van der Waals surface area contributed by atoms with Gasteiger partial charge in [0.05, 0.1) is 6.04 Å². The molecule has 0 fully saturated rings. The van der Waals surface area contributed by atoms with E-state index in [0.717, 1.165) is 18.4 Å². The average molecular weight is 277 g/mol. The van der Waals surface area contributed by atoms with Crippen molar-refractivity contribution in [3.8, 4) is 0 Å². The average Bonchev–Trinajstić information content (AvgIpc) is 2.44. The predicted octanol–water partition coefficient (Wildman–Crippen LogP) is 2.66. The van der Waals surface area contributed by atoms with Crippen LogP contribution in [0.25, 0.3) is 0 Å². The van der Waals surface area contributed by atoms with Gasteiger partial charge in [0, 0.05) is 18.8 Å². The summed E-state index contributed by atoms with van der Waals surface area (Å²) in [5, 5.41) is 3.03. The molecular formula is C16H27N3O. The summed E-state index contributed by atoms with van der Waals surface area (Å²) in [7, 11) is 0. The van der Waals surface area contributed by atoms with E-state index in [1.807, 2.05) is 19.1 Å². The largest absolute Gasteiger partial charge is 0.350 e. The van der Waals surface area contributed by atoms with E-state index in [9.17, 15) is 4.79 Å². The Bertz CT molecular complexity index is 392. The van der Waals surface area contributed by atoms with E-state index in [0.29, 0.717) is 24.8 Å². The van der Waals surface area contributed by atoms with Crippen LogP contribution < -0.4 is 11.1 Å². The first-order valence-corrected chi connectivity index (χ1v) is 7.44. The highest BCUT2D eigenvalue weighted by Crippen LogP contribution is 2.20. The summed E-state index contributed by atoms with van der Waals surface area (Å²) in [4.78, 5) is 16.0. The Morgan fingerprint density at radius 2 is 1.90 bits per heavy atom. The minimum Gasteiger partial charge on any atom is -0.350 e. The maximum Gasteiger partial charge on any atom is 0.220 e. The van der Waals surface area contributed by atoms with Crippen LogP contribution in [0.2, 0.25) is 0 Å². The molecule has 20 heavy (non-hydrogen) atoms. The molecule has 0 aliphatic heterocycles. The molecule has 1 rings (SSSR count). The molecule has 3 N–H and O–H groups in total. The van der Waals surface area contributed by atoms with Gasteiger partial charge in [-0.2, -0.15) is 0 Å². The van der Waals surface area contributed by atoms with Gasteiger partial charge in [-0.05, 0) is 55.8 Å². The van der Waals surface area contributed by atoms with E-state index in [1.54, 1.807) is 12.4 Å². The quantitative estimate of drug-likeness (QED) is 0.767. The molecule has 0 aliphatic rings. The number of hydrogen-bond acceptors (Lipinski definition) is 3. The summed E-state index contributed by atoms with van der Waals surface area (Å²) in [6.07, 6.45) is 5.95. The van der Waals surface area contributed by atoms with Gasteiger partial charge in [0.25, 0.3) is 0 Å². The Morgan fingerprint density at radius 3 is 2.45 bits per heavy atom. The molecule has 0 aromatic carbocycles. The van der Waals surface area contributed by atoms with Gasteiger partial charge in [-0.25, -0.2) is 0 Å². The first-order valence-electron chi connectivity index (χ1n) is 7.44. The van der Waals surface area contributed by atoms with E-state index in [4.69, 9.17) is 5.73 Å². The standard InChI is InChI=1S/C16H27N3O/c1-12(2)14(6-9-17)4-5-16(20)19-13(3)15-7-10-18-11-8-15/h7-8,10-14H,4-6,9,17H2,1-3H3,(H,19,20)/t13-,14?/m1/s1. The van der Waals surface area contributed by atoms with E-state index in [2.05, 4.69) is 24.1 Å². The number of rotatable bonds is 8. The molecule has 4 nitrogen and oxygen atoms in total. The van der Waals surface area contributed by atoms with Crippen LogP contribution in [0.4, 0.5) is 0 Å². The van der Waals surface area contributed by atoms with E-state index >= 15 is 0 Å². The summed E-state index contributed by atoms with van der Waals surface area (Å²) in [5.74, 6) is 1.21. The van der Waals surface area contributed by atoms with Crippen molar-refractivity contribution in [2.75, 3.05) is 6.54 Å². The number of aromatic nitrogens is 1. The fourth-order valence-electron chi connectivity index (χ4n) is 2.39. The predicted molar refractivity (Wildman–Crippen MR) is 82.0 cm³/mol. The molecule has 0 bridgehead atoms. The van der Waals surface area contributed by atoms with E-state index < -0.39 is 0 Å². The lowest BCUT2D eigenvalue weighted by Gasteiger charge is -2.20. The van der Waals surface area contributed by atoms with Gasteiger partial charge in [0.1, 0.15) is 0 Å².